The van der Waals surface area contributed by atoms with Crippen molar-refractivity contribution in [2.45, 2.75) is 44.2 Å². The third-order valence-corrected chi connectivity index (χ3v) is 5.01. The fourth-order valence-electron chi connectivity index (χ4n) is 3.34. The van der Waals surface area contributed by atoms with Crippen LogP contribution in [-0.2, 0) is 14.4 Å². The number of thioether (sulfide) groups is 1. The Morgan fingerprint density at radius 1 is 1.10 bits per heavy atom. The minimum absolute atomic E-state index is 0.0304. The first-order chi connectivity index (χ1) is 9.50. The summed E-state index contributed by atoms with van der Waals surface area (Å²) in [6.07, 6.45) is 4.52. The van der Waals surface area contributed by atoms with Crippen molar-refractivity contribution < 1.29 is 24.6 Å². The number of rotatable bonds is 5. The van der Waals surface area contributed by atoms with E-state index in [2.05, 4.69) is 0 Å². The van der Waals surface area contributed by atoms with E-state index in [0.717, 1.165) is 37.4 Å². The molecule has 112 valence electrons. The van der Waals surface area contributed by atoms with Gasteiger partial charge >= 0.3 is 11.9 Å². The minimum atomic E-state index is -0.963. The van der Waals surface area contributed by atoms with Crippen LogP contribution in [0.5, 0.6) is 0 Å². The van der Waals surface area contributed by atoms with E-state index in [1.165, 1.54) is 4.90 Å². The van der Waals surface area contributed by atoms with Gasteiger partial charge in [-0.25, -0.2) is 4.79 Å². The molecule has 20 heavy (non-hydrogen) atoms. The number of hydrogen-bond donors (Lipinski definition) is 2. The van der Waals surface area contributed by atoms with Gasteiger partial charge in [0, 0.05) is 6.04 Å². The Morgan fingerprint density at radius 2 is 1.80 bits per heavy atom. The second kappa shape index (κ2) is 6.47. The standard InChI is InChI=1S/C13H19NO5S/c15-11(6-20-7-12(16)17)14-9-4-2-1-3-8(9)5-10(14)13(18)19/h8-10H,1-7H2,(H,16,17)(H,18,19). The minimum Gasteiger partial charge on any atom is -0.481 e. The van der Waals surface area contributed by atoms with Gasteiger partial charge in [-0.1, -0.05) is 12.8 Å². The molecule has 0 aromatic rings. The SMILES string of the molecule is O=C(O)CSCC(=O)N1C(C(=O)O)CC2CCCCC21. The van der Waals surface area contributed by atoms with Gasteiger partial charge in [0.2, 0.25) is 5.91 Å². The quantitative estimate of drug-likeness (QED) is 0.788. The van der Waals surface area contributed by atoms with Gasteiger partial charge in [-0.15, -0.1) is 11.8 Å². The van der Waals surface area contributed by atoms with E-state index in [0.29, 0.717) is 12.3 Å². The van der Waals surface area contributed by atoms with Crippen molar-refractivity contribution in [1.29, 1.82) is 0 Å². The topological polar surface area (TPSA) is 94.9 Å². The summed E-state index contributed by atoms with van der Waals surface area (Å²) in [5, 5.41) is 17.9. The Balaban J connectivity index is 2.02. The largest absolute Gasteiger partial charge is 0.481 e. The average molecular weight is 301 g/mol. The molecule has 7 heteroatoms. The predicted octanol–water partition coefficient (Wildman–Crippen LogP) is 1.05. The van der Waals surface area contributed by atoms with Gasteiger partial charge in [-0.05, 0) is 25.2 Å². The number of likely N-dealkylation sites (tertiary alicyclic amines) is 1. The van der Waals surface area contributed by atoms with E-state index in [4.69, 9.17) is 5.11 Å². The van der Waals surface area contributed by atoms with Crippen LogP contribution in [-0.4, -0.2) is 56.5 Å². The van der Waals surface area contributed by atoms with Gasteiger partial charge in [0.1, 0.15) is 6.04 Å². The molecule has 0 radical (unpaired) electrons. The molecule has 1 aliphatic carbocycles. The number of nitrogens with zero attached hydrogens (tertiary/aromatic N) is 1. The van der Waals surface area contributed by atoms with Gasteiger partial charge < -0.3 is 15.1 Å². The molecular weight excluding hydrogens is 282 g/mol. The van der Waals surface area contributed by atoms with E-state index in [9.17, 15) is 19.5 Å². The summed E-state index contributed by atoms with van der Waals surface area (Å²) in [6, 6.07) is -0.705. The molecule has 0 spiro atoms. The molecular formula is C13H19NO5S. The monoisotopic (exact) mass is 301 g/mol. The Morgan fingerprint density at radius 3 is 2.45 bits per heavy atom. The Kier molecular flexibility index (Phi) is 4.91. The van der Waals surface area contributed by atoms with E-state index < -0.39 is 18.0 Å². The molecule has 6 nitrogen and oxygen atoms in total. The smallest absolute Gasteiger partial charge is 0.326 e. The summed E-state index contributed by atoms with van der Waals surface area (Å²) in [5.41, 5.74) is 0. The van der Waals surface area contributed by atoms with E-state index in [1.807, 2.05) is 0 Å². The number of aliphatic carboxylic acids is 2. The van der Waals surface area contributed by atoms with Crippen LogP contribution in [0.25, 0.3) is 0 Å². The molecule has 2 N–H and O–H groups in total. The van der Waals surface area contributed by atoms with Crippen LogP contribution in [0.3, 0.4) is 0 Å². The van der Waals surface area contributed by atoms with Crippen molar-refractivity contribution in [2.24, 2.45) is 5.92 Å². The predicted molar refractivity (Wildman–Crippen MR) is 73.6 cm³/mol. The van der Waals surface area contributed by atoms with E-state index >= 15 is 0 Å². The lowest BCUT2D eigenvalue weighted by Gasteiger charge is -2.32. The molecule has 3 atom stereocenters. The van der Waals surface area contributed by atoms with Crippen LogP contribution >= 0.6 is 11.8 Å². The molecule has 1 heterocycles. The third-order valence-electron chi connectivity index (χ3n) is 4.11. The zero-order valence-corrected chi connectivity index (χ0v) is 12.0. The highest BCUT2D eigenvalue weighted by molar-refractivity contribution is 8.00. The van der Waals surface area contributed by atoms with Crippen LogP contribution in [0.1, 0.15) is 32.1 Å². The van der Waals surface area contributed by atoms with Gasteiger partial charge in [-0.2, -0.15) is 0 Å². The average Bonchev–Trinajstić information content (AvgIpc) is 2.77. The summed E-state index contributed by atoms with van der Waals surface area (Å²) in [4.78, 5) is 35.6. The Hall–Kier alpha value is -1.24. The van der Waals surface area contributed by atoms with Gasteiger partial charge in [-0.3, -0.25) is 9.59 Å². The zero-order valence-electron chi connectivity index (χ0n) is 11.2. The van der Waals surface area contributed by atoms with Gasteiger partial charge in [0.05, 0.1) is 11.5 Å². The zero-order chi connectivity index (χ0) is 14.7. The second-order valence-electron chi connectivity index (χ2n) is 5.39. The van der Waals surface area contributed by atoms with Crippen molar-refractivity contribution in [2.75, 3.05) is 11.5 Å². The van der Waals surface area contributed by atoms with Crippen molar-refractivity contribution in [1.82, 2.24) is 4.90 Å². The molecule has 0 aromatic carbocycles. The lowest BCUT2D eigenvalue weighted by Crippen LogP contribution is -2.47. The van der Waals surface area contributed by atoms with Crippen LogP contribution in [0.2, 0.25) is 0 Å². The number of amides is 1. The number of hydrogen-bond acceptors (Lipinski definition) is 4. The Bertz CT molecular complexity index is 414. The molecule has 1 saturated carbocycles. The van der Waals surface area contributed by atoms with Crippen LogP contribution in [0, 0.1) is 5.92 Å². The molecule has 0 bridgehead atoms. The number of carboxylic acids is 2. The summed E-state index contributed by atoms with van der Waals surface area (Å²) < 4.78 is 0. The summed E-state index contributed by atoms with van der Waals surface area (Å²) in [7, 11) is 0. The highest BCUT2D eigenvalue weighted by Crippen LogP contribution is 2.40. The molecule has 1 aliphatic heterocycles. The van der Waals surface area contributed by atoms with Crippen LogP contribution < -0.4 is 0 Å². The molecule has 0 aromatic heterocycles. The van der Waals surface area contributed by atoms with Gasteiger partial charge in [0.15, 0.2) is 0 Å². The van der Waals surface area contributed by atoms with Crippen molar-refractivity contribution in [3.05, 3.63) is 0 Å². The molecule has 2 aliphatic rings. The molecule has 3 unspecified atom stereocenters. The molecule has 2 rings (SSSR count). The maximum absolute atomic E-state index is 12.2. The normalized spacial score (nSPS) is 29.0. The number of carboxylic acid groups (broad SMARTS) is 2. The first kappa shape index (κ1) is 15.2. The number of fused-ring (bicyclic) bond motifs is 1. The fourth-order valence-corrected chi connectivity index (χ4v) is 3.94. The van der Waals surface area contributed by atoms with Crippen LogP contribution in [0.4, 0.5) is 0 Å². The van der Waals surface area contributed by atoms with Crippen molar-refractivity contribution in [3.63, 3.8) is 0 Å². The third kappa shape index (κ3) is 3.26. The first-order valence-corrected chi connectivity index (χ1v) is 7.99. The summed E-state index contributed by atoms with van der Waals surface area (Å²) >= 11 is 1.03. The van der Waals surface area contributed by atoms with E-state index in [-0.39, 0.29) is 23.5 Å². The van der Waals surface area contributed by atoms with Crippen molar-refractivity contribution >= 4 is 29.6 Å². The second-order valence-corrected chi connectivity index (χ2v) is 6.37. The van der Waals surface area contributed by atoms with Crippen molar-refractivity contribution in [3.8, 4) is 0 Å². The fraction of sp³-hybridized carbons (Fsp3) is 0.769. The van der Waals surface area contributed by atoms with Gasteiger partial charge in [0.25, 0.3) is 0 Å². The summed E-state index contributed by atoms with van der Waals surface area (Å²) in [5.74, 6) is -1.95. The lowest BCUT2D eigenvalue weighted by atomic mass is 9.85. The number of carbonyl (C=O) groups excluding carboxylic acids is 1. The maximum Gasteiger partial charge on any atom is 0.326 e. The highest BCUT2D eigenvalue weighted by Gasteiger charge is 2.47. The molecule has 1 amide bonds. The Labute approximate surface area is 121 Å². The molecule has 1 saturated heterocycles. The number of carbonyl (C=O) groups is 3. The van der Waals surface area contributed by atoms with Crippen LogP contribution in [0.15, 0.2) is 0 Å². The lowest BCUT2D eigenvalue weighted by molar-refractivity contribution is -0.148. The first-order valence-electron chi connectivity index (χ1n) is 6.84. The summed E-state index contributed by atoms with van der Waals surface area (Å²) in [6.45, 7) is 0. The maximum atomic E-state index is 12.2. The highest BCUT2D eigenvalue weighted by atomic mass is 32.2. The van der Waals surface area contributed by atoms with E-state index in [1.54, 1.807) is 0 Å². The molecule has 2 fully saturated rings.